The summed E-state index contributed by atoms with van der Waals surface area (Å²) in [4.78, 5) is 13.8. The van der Waals surface area contributed by atoms with Crippen LogP contribution in [0.25, 0.3) is 0 Å². The molecule has 1 saturated heterocycles. The van der Waals surface area contributed by atoms with Gasteiger partial charge in [-0.3, -0.25) is 14.4 Å². The molecule has 3 nitrogen and oxygen atoms in total. The minimum atomic E-state index is 0.714. The van der Waals surface area contributed by atoms with E-state index < -0.39 is 0 Å². The Morgan fingerprint density at radius 2 is 2.31 bits per heavy atom. The van der Waals surface area contributed by atoms with Gasteiger partial charge in [0.15, 0.2) is 0 Å². The number of nitrogens with zero attached hydrogens (tertiary/aromatic N) is 1. The zero-order valence-corrected chi connectivity index (χ0v) is 10.2. The van der Waals surface area contributed by atoms with Gasteiger partial charge < -0.3 is 0 Å². The molecule has 1 aromatic rings. The van der Waals surface area contributed by atoms with E-state index in [9.17, 15) is 4.79 Å². The minimum absolute atomic E-state index is 0.714. The van der Waals surface area contributed by atoms with Crippen LogP contribution in [0.5, 0.6) is 0 Å². The molecule has 1 aromatic carbocycles. The second kappa shape index (κ2) is 5.37. The molecule has 1 fully saturated rings. The molecule has 86 valence electrons. The molecule has 0 aromatic heterocycles. The van der Waals surface area contributed by atoms with E-state index in [4.69, 9.17) is 0 Å². The third-order valence-corrected chi connectivity index (χ3v) is 3.70. The normalized spacial score (nSPS) is 15.6. The molecular weight excluding hydrogens is 220 g/mol. The zero-order valence-electron chi connectivity index (χ0n) is 9.40. The van der Waals surface area contributed by atoms with Gasteiger partial charge in [0.05, 0.1) is 0 Å². The lowest BCUT2D eigenvalue weighted by Crippen LogP contribution is -2.36. The van der Waals surface area contributed by atoms with Gasteiger partial charge in [-0.15, -0.1) is 0 Å². The van der Waals surface area contributed by atoms with Crippen molar-refractivity contribution in [1.29, 1.82) is 0 Å². The standard InChI is InChI=1S/C12H16N2OS/c1-10-3-4-11(8-14-5-2-6-14)7-12(10)16-13-9-15/h3-4,7,9H,2,5-6,8H2,1H3,(H,13,15). The quantitative estimate of drug-likeness (QED) is 0.626. The molecule has 0 unspecified atom stereocenters. The van der Waals surface area contributed by atoms with Gasteiger partial charge in [-0.25, -0.2) is 0 Å². The summed E-state index contributed by atoms with van der Waals surface area (Å²) in [5, 5.41) is 0. The largest absolute Gasteiger partial charge is 0.299 e. The number of aryl methyl sites for hydroxylation is 1. The fourth-order valence-corrected chi connectivity index (χ4v) is 2.35. The number of hydrogen-bond donors (Lipinski definition) is 1. The van der Waals surface area contributed by atoms with Gasteiger partial charge in [-0.2, -0.15) is 0 Å². The van der Waals surface area contributed by atoms with Gasteiger partial charge in [-0.1, -0.05) is 12.1 Å². The summed E-state index contributed by atoms with van der Waals surface area (Å²) in [5.41, 5.74) is 2.52. The first kappa shape index (κ1) is 11.5. The monoisotopic (exact) mass is 236 g/mol. The van der Waals surface area contributed by atoms with E-state index in [2.05, 4.69) is 34.7 Å². The molecule has 0 saturated carbocycles. The molecule has 0 radical (unpaired) electrons. The van der Waals surface area contributed by atoms with Crippen LogP contribution >= 0.6 is 11.9 Å². The number of nitrogens with one attached hydrogen (secondary N) is 1. The predicted molar refractivity (Wildman–Crippen MR) is 66.1 cm³/mol. The van der Waals surface area contributed by atoms with Gasteiger partial charge in [0, 0.05) is 11.4 Å². The lowest BCUT2D eigenvalue weighted by molar-refractivity contribution is -0.107. The third-order valence-electron chi connectivity index (χ3n) is 2.82. The van der Waals surface area contributed by atoms with Gasteiger partial charge in [0.1, 0.15) is 0 Å². The number of amides is 1. The molecule has 0 atom stereocenters. The lowest BCUT2D eigenvalue weighted by atomic mass is 10.1. The van der Waals surface area contributed by atoms with E-state index in [-0.39, 0.29) is 0 Å². The van der Waals surface area contributed by atoms with Gasteiger partial charge >= 0.3 is 0 Å². The highest BCUT2D eigenvalue weighted by molar-refractivity contribution is 7.98. The fourth-order valence-electron chi connectivity index (χ4n) is 1.74. The minimum Gasteiger partial charge on any atom is -0.299 e. The van der Waals surface area contributed by atoms with Gasteiger partial charge in [0.2, 0.25) is 6.41 Å². The molecule has 4 heteroatoms. The predicted octanol–water partition coefficient (Wildman–Crippen LogP) is 1.95. The summed E-state index contributed by atoms with van der Waals surface area (Å²) in [6.45, 7) is 5.50. The highest BCUT2D eigenvalue weighted by atomic mass is 32.2. The van der Waals surface area contributed by atoms with Crippen molar-refractivity contribution in [2.45, 2.75) is 24.8 Å². The fraction of sp³-hybridized carbons (Fsp3) is 0.417. The average molecular weight is 236 g/mol. The van der Waals surface area contributed by atoms with Gasteiger partial charge in [-0.05, 0) is 55.6 Å². The molecule has 0 aliphatic carbocycles. The molecule has 1 amide bonds. The Morgan fingerprint density at radius 3 is 2.94 bits per heavy atom. The second-order valence-electron chi connectivity index (χ2n) is 4.07. The van der Waals surface area contributed by atoms with Crippen LogP contribution < -0.4 is 4.72 Å². The number of rotatable bonds is 5. The maximum atomic E-state index is 10.3. The number of hydrogen-bond acceptors (Lipinski definition) is 3. The van der Waals surface area contributed by atoms with Crippen LogP contribution in [-0.2, 0) is 11.3 Å². The van der Waals surface area contributed by atoms with Crippen molar-refractivity contribution in [3.8, 4) is 0 Å². The zero-order chi connectivity index (χ0) is 11.4. The van der Waals surface area contributed by atoms with Crippen molar-refractivity contribution in [1.82, 2.24) is 9.62 Å². The summed E-state index contributed by atoms with van der Waals surface area (Å²) in [7, 11) is 0. The van der Waals surface area contributed by atoms with Crippen molar-refractivity contribution in [3.63, 3.8) is 0 Å². The topological polar surface area (TPSA) is 32.3 Å². The number of carbonyl (C=O) groups excluding carboxylic acids is 1. The lowest BCUT2D eigenvalue weighted by Gasteiger charge is -2.30. The molecule has 0 spiro atoms. The van der Waals surface area contributed by atoms with Crippen molar-refractivity contribution in [2.24, 2.45) is 0 Å². The molecule has 1 aliphatic heterocycles. The third kappa shape index (κ3) is 2.77. The van der Waals surface area contributed by atoms with E-state index in [1.54, 1.807) is 0 Å². The number of likely N-dealkylation sites (tertiary alicyclic amines) is 1. The highest BCUT2D eigenvalue weighted by Crippen LogP contribution is 2.22. The summed E-state index contributed by atoms with van der Waals surface area (Å²) in [6.07, 6.45) is 2.03. The first-order valence-electron chi connectivity index (χ1n) is 5.47. The molecule has 0 bridgehead atoms. The average Bonchev–Trinajstić information content (AvgIpc) is 2.23. The first-order valence-corrected chi connectivity index (χ1v) is 6.29. The van der Waals surface area contributed by atoms with Crippen LogP contribution in [0, 0.1) is 6.92 Å². The Kier molecular flexibility index (Phi) is 3.85. The summed E-state index contributed by atoms with van der Waals surface area (Å²) in [6, 6.07) is 6.44. The Morgan fingerprint density at radius 1 is 1.50 bits per heavy atom. The Balaban J connectivity index is 2.04. The molecular formula is C12H16N2OS. The maximum absolute atomic E-state index is 10.3. The highest BCUT2D eigenvalue weighted by Gasteiger charge is 2.14. The molecule has 1 heterocycles. The first-order chi connectivity index (χ1) is 7.79. The molecule has 2 rings (SSSR count). The Hall–Kier alpha value is -1.00. The Labute approximate surface area is 100 Å². The number of benzene rings is 1. The number of carbonyl (C=O) groups is 1. The van der Waals surface area contributed by atoms with Crippen molar-refractivity contribution in [3.05, 3.63) is 29.3 Å². The smallest absolute Gasteiger partial charge is 0.217 e. The molecule has 1 N–H and O–H groups in total. The van der Waals surface area contributed by atoms with Crippen LogP contribution in [-0.4, -0.2) is 24.4 Å². The van der Waals surface area contributed by atoms with Crippen LogP contribution in [0.2, 0.25) is 0 Å². The van der Waals surface area contributed by atoms with E-state index in [1.165, 1.54) is 42.6 Å². The van der Waals surface area contributed by atoms with Crippen LogP contribution in [0.15, 0.2) is 23.1 Å². The summed E-state index contributed by atoms with van der Waals surface area (Å²) in [5.74, 6) is 0. The van der Waals surface area contributed by atoms with Crippen molar-refractivity contribution in [2.75, 3.05) is 13.1 Å². The van der Waals surface area contributed by atoms with Crippen LogP contribution in [0.4, 0.5) is 0 Å². The molecule has 16 heavy (non-hydrogen) atoms. The SMILES string of the molecule is Cc1ccc(CN2CCC2)cc1SNC=O. The summed E-state index contributed by atoms with van der Waals surface area (Å²) < 4.78 is 2.64. The Bertz CT molecular complexity index is 377. The van der Waals surface area contributed by atoms with E-state index in [0.717, 1.165) is 11.4 Å². The second-order valence-corrected chi connectivity index (χ2v) is 4.95. The molecule has 1 aliphatic rings. The van der Waals surface area contributed by atoms with E-state index >= 15 is 0 Å². The van der Waals surface area contributed by atoms with Crippen molar-refractivity contribution < 1.29 is 4.79 Å². The van der Waals surface area contributed by atoms with E-state index in [0.29, 0.717) is 6.41 Å². The van der Waals surface area contributed by atoms with E-state index in [1.807, 2.05) is 0 Å². The summed E-state index contributed by atoms with van der Waals surface area (Å²) >= 11 is 1.38. The maximum Gasteiger partial charge on any atom is 0.217 e. The van der Waals surface area contributed by atoms with Crippen LogP contribution in [0.3, 0.4) is 0 Å². The van der Waals surface area contributed by atoms with Gasteiger partial charge in [0.25, 0.3) is 0 Å². The van der Waals surface area contributed by atoms with Crippen LogP contribution in [0.1, 0.15) is 17.5 Å². The van der Waals surface area contributed by atoms with Crippen molar-refractivity contribution >= 4 is 18.4 Å².